The van der Waals surface area contributed by atoms with Crippen molar-refractivity contribution in [3.8, 4) is 10.8 Å². The molecule has 1 aliphatic heterocycles. The van der Waals surface area contributed by atoms with Crippen LogP contribution in [0.4, 0.5) is 5.69 Å². The molecule has 4 rings (SSSR count). The average molecular weight is 362 g/mol. The van der Waals surface area contributed by atoms with Crippen LogP contribution in [0.5, 0.6) is 0 Å². The number of rotatable bonds is 3. The molecule has 1 aromatic carbocycles. The van der Waals surface area contributed by atoms with E-state index >= 15 is 0 Å². The maximum absolute atomic E-state index is 5.77. The van der Waals surface area contributed by atoms with Crippen LogP contribution in [0.2, 0.25) is 0 Å². The van der Waals surface area contributed by atoms with E-state index in [4.69, 9.17) is 4.42 Å². The van der Waals surface area contributed by atoms with E-state index in [1.807, 2.05) is 17.5 Å². The molecule has 0 N–H and O–H groups in total. The highest BCUT2D eigenvalue weighted by atomic mass is 79.9. The molecule has 0 amide bonds. The summed E-state index contributed by atoms with van der Waals surface area (Å²) in [5.41, 5.74) is 2.62. The zero-order chi connectivity index (χ0) is 14.2. The van der Waals surface area contributed by atoms with Gasteiger partial charge in [-0.1, -0.05) is 28.1 Å². The van der Waals surface area contributed by atoms with E-state index in [-0.39, 0.29) is 0 Å². The lowest BCUT2D eigenvalue weighted by atomic mass is 10.2. The topological polar surface area (TPSA) is 42.2 Å². The molecule has 0 fully saturated rings. The first-order valence-electron chi connectivity index (χ1n) is 6.69. The van der Waals surface area contributed by atoms with Crippen molar-refractivity contribution in [1.29, 1.82) is 0 Å². The van der Waals surface area contributed by atoms with Crippen molar-refractivity contribution in [1.82, 2.24) is 10.2 Å². The molecule has 0 bridgehead atoms. The number of anilines is 1. The Kier molecular flexibility index (Phi) is 3.27. The van der Waals surface area contributed by atoms with Crippen molar-refractivity contribution in [2.24, 2.45) is 0 Å². The van der Waals surface area contributed by atoms with Crippen molar-refractivity contribution < 1.29 is 4.42 Å². The molecule has 0 unspecified atom stereocenters. The van der Waals surface area contributed by atoms with Gasteiger partial charge in [-0.15, -0.1) is 21.5 Å². The summed E-state index contributed by atoms with van der Waals surface area (Å²) in [5.74, 6) is 1.26. The number of fused-ring (bicyclic) bond motifs is 1. The quantitative estimate of drug-likeness (QED) is 0.703. The molecule has 4 nitrogen and oxygen atoms in total. The predicted molar refractivity (Wildman–Crippen MR) is 86.5 cm³/mol. The zero-order valence-corrected chi connectivity index (χ0v) is 13.5. The molecular weight excluding hydrogens is 350 g/mol. The Labute approximate surface area is 134 Å². The smallest absolute Gasteiger partial charge is 0.257 e. The highest BCUT2D eigenvalue weighted by Gasteiger charge is 2.21. The number of aromatic nitrogens is 2. The van der Waals surface area contributed by atoms with Gasteiger partial charge in [0.1, 0.15) is 0 Å². The van der Waals surface area contributed by atoms with E-state index in [2.05, 4.69) is 49.2 Å². The van der Waals surface area contributed by atoms with E-state index in [0.29, 0.717) is 18.3 Å². The fourth-order valence-corrected chi connectivity index (χ4v) is 3.56. The maximum Gasteiger partial charge on any atom is 0.257 e. The lowest BCUT2D eigenvalue weighted by molar-refractivity contribution is 0.501. The van der Waals surface area contributed by atoms with Gasteiger partial charge in [0.25, 0.3) is 5.89 Å². The Morgan fingerprint density at radius 2 is 2.24 bits per heavy atom. The van der Waals surface area contributed by atoms with Crippen LogP contribution in [0, 0.1) is 0 Å². The number of hydrogen-bond donors (Lipinski definition) is 0. The minimum absolute atomic E-state index is 0.605. The summed E-state index contributed by atoms with van der Waals surface area (Å²) in [6, 6.07) is 10.4. The lowest BCUT2D eigenvalue weighted by Gasteiger charge is -2.17. The number of thiophene rings is 1. The second kappa shape index (κ2) is 5.27. The normalized spacial score (nSPS) is 13.7. The molecule has 6 heteroatoms. The molecule has 0 radical (unpaired) electrons. The van der Waals surface area contributed by atoms with Crippen LogP contribution in [0.25, 0.3) is 10.8 Å². The van der Waals surface area contributed by atoms with Crippen molar-refractivity contribution in [2.75, 3.05) is 11.4 Å². The molecule has 1 aliphatic rings. The highest BCUT2D eigenvalue weighted by molar-refractivity contribution is 9.10. The number of halogens is 1. The van der Waals surface area contributed by atoms with Crippen LogP contribution in [-0.2, 0) is 13.0 Å². The molecular formula is C15H12BrN3OS. The van der Waals surface area contributed by atoms with E-state index in [0.717, 1.165) is 22.3 Å². The molecule has 106 valence electrons. The number of benzene rings is 1. The third-order valence-corrected chi connectivity index (χ3v) is 4.92. The van der Waals surface area contributed by atoms with Gasteiger partial charge >= 0.3 is 0 Å². The van der Waals surface area contributed by atoms with Crippen LogP contribution < -0.4 is 4.90 Å². The molecule has 0 aliphatic carbocycles. The van der Waals surface area contributed by atoms with E-state index in [9.17, 15) is 0 Å². The third kappa shape index (κ3) is 2.49. The predicted octanol–water partition coefficient (Wildman–Crippen LogP) is 4.12. The van der Waals surface area contributed by atoms with Crippen LogP contribution in [0.15, 0.2) is 44.6 Å². The Hall–Kier alpha value is -1.66. The summed E-state index contributed by atoms with van der Waals surface area (Å²) in [5, 5.41) is 10.3. The van der Waals surface area contributed by atoms with E-state index in [1.165, 1.54) is 11.3 Å². The van der Waals surface area contributed by atoms with Crippen LogP contribution in [0.1, 0.15) is 11.5 Å². The summed E-state index contributed by atoms with van der Waals surface area (Å²) in [7, 11) is 0. The van der Waals surface area contributed by atoms with Crippen LogP contribution in [0.3, 0.4) is 0 Å². The van der Waals surface area contributed by atoms with Crippen molar-refractivity contribution in [2.45, 2.75) is 13.0 Å². The zero-order valence-electron chi connectivity index (χ0n) is 11.1. The molecule has 0 saturated heterocycles. The summed E-state index contributed by atoms with van der Waals surface area (Å²) in [6.45, 7) is 1.64. The SMILES string of the molecule is Brc1ccc2c(c1)N(Cc1nnc(-c3cccs3)o1)CC2. The summed E-state index contributed by atoms with van der Waals surface area (Å²) >= 11 is 5.14. The Morgan fingerprint density at radius 1 is 1.29 bits per heavy atom. The summed E-state index contributed by atoms with van der Waals surface area (Å²) < 4.78 is 6.87. The minimum atomic E-state index is 0.605. The fourth-order valence-electron chi connectivity index (χ4n) is 2.56. The summed E-state index contributed by atoms with van der Waals surface area (Å²) in [4.78, 5) is 3.30. The van der Waals surface area contributed by atoms with Crippen LogP contribution >= 0.6 is 27.3 Å². The average Bonchev–Trinajstić information content (AvgIpc) is 3.20. The first kappa shape index (κ1) is 13.0. The second-order valence-corrected chi connectivity index (χ2v) is 6.79. The third-order valence-electron chi connectivity index (χ3n) is 3.56. The van der Waals surface area contributed by atoms with Crippen molar-refractivity contribution in [3.05, 3.63) is 51.6 Å². The van der Waals surface area contributed by atoms with Gasteiger partial charge in [-0.2, -0.15) is 0 Å². The minimum Gasteiger partial charge on any atom is -0.418 e. The van der Waals surface area contributed by atoms with Gasteiger partial charge in [-0.3, -0.25) is 0 Å². The van der Waals surface area contributed by atoms with Gasteiger partial charge in [-0.25, -0.2) is 0 Å². The Bertz CT molecular complexity index is 769. The standard InChI is InChI=1S/C15H12BrN3OS/c16-11-4-3-10-5-6-19(12(10)8-11)9-14-17-18-15(20-14)13-2-1-7-21-13/h1-4,7-8H,5-6,9H2. The largest absolute Gasteiger partial charge is 0.418 e. The molecule has 0 saturated carbocycles. The number of nitrogens with zero attached hydrogens (tertiary/aromatic N) is 3. The van der Waals surface area contributed by atoms with Gasteiger partial charge < -0.3 is 9.32 Å². The van der Waals surface area contributed by atoms with Crippen molar-refractivity contribution >= 4 is 33.0 Å². The van der Waals surface area contributed by atoms with Crippen LogP contribution in [-0.4, -0.2) is 16.7 Å². The first-order chi connectivity index (χ1) is 10.3. The monoisotopic (exact) mass is 361 g/mol. The first-order valence-corrected chi connectivity index (χ1v) is 8.36. The highest BCUT2D eigenvalue weighted by Crippen LogP contribution is 2.32. The van der Waals surface area contributed by atoms with E-state index < -0.39 is 0 Å². The molecule has 21 heavy (non-hydrogen) atoms. The Morgan fingerprint density at radius 3 is 3.10 bits per heavy atom. The molecule has 3 aromatic rings. The van der Waals surface area contributed by atoms with Gasteiger partial charge in [0.15, 0.2) is 0 Å². The molecule has 2 aromatic heterocycles. The van der Waals surface area contributed by atoms with Crippen molar-refractivity contribution in [3.63, 3.8) is 0 Å². The number of hydrogen-bond acceptors (Lipinski definition) is 5. The summed E-state index contributed by atoms with van der Waals surface area (Å²) in [6.07, 6.45) is 1.06. The Balaban J connectivity index is 1.57. The van der Waals surface area contributed by atoms with Gasteiger partial charge in [0.05, 0.1) is 11.4 Å². The van der Waals surface area contributed by atoms with Gasteiger partial charge in [-0.05, 0) is 35.6 Å². The maximum atomic E-state index is 5.77. The van der Waals surface area contributed by atoms with Gasteiger partial charge in [0.2, 0.25) is 5.89 Å². The molecule has 3 heterocycles. The molecule has 0 spiro atoms. The fraction of sp³-hybridized carbons (Fsp3) is 0.200. The van der Waals surface area contributed by atoms with E-state index in [1.54, 1.807) is 11.3 Å². The second-order valence-electron chi connectivity index (χ2n) is 4.92. The van der Waals surface area contributed by atoms with Gasteiger partial charge in [0, 0.05) is 16.7 Å². The molecule has 0 atom stereocenters. The lowest BCUT2D eigenvalue weighted by Crippen LogP contribution is -2.19.